The lowest BCUT2D eigenvalue weighted by molar-refractivity contribution is -0.384. The second kappa shape index (κ2) is 11.0. The Bertz CT molecular complexity index is 1550. The van der Waals surface area contributed by atoms with Gasteiger partial charge in [-0.3, -0.25) is 19.6 Å². The molecule has 3 atom stereocenters. The topological polar surface area (TPSA) is 135 Å². The fourth-order valence-electron chi connectivity index (χ4n) is 5.42. The number of non-ortho nitro benzene ring substituents is 1. The lowest BCUT2D eigenvalue weighted by Crippen LogP contribution is -2.48. The van der Waals surface area contributed by atoms with Crippen molar-refractivity contribution in [3.05, 3.63) is 99.9 Å². The summed E-state index contributed by atoms with van der Waals surface area (Å²) in [6.45, 7) is 4.60. The molecule has 2 aromatic carbocycles. The first-order chi connectivity index (χ1) is 19.6. The van der Waals surface area contributed by atoms with E-state index >= 15 is 4.39 Å². The molecule has 4 aromatic rings. The molecule has 14 heteroatoms. The largest absolute Gasteiger partial charge is 0.381 e. The monoisotopic (exact) mass is 566 g/mol. The number of carbonyl (C=O) groups excluding carboxylic acids is 1. The van der Waals surface area contributed by atoms with Crippen LogP contribution in [0.5, 0.6) is 0 Å². The highest BCUT2D eigenvalue weighted by atomic mass is 19.1. The van der Waals surface area contributed by atoms with Crippen LogP contribution in [0.4, 0.5) is 20.2 Å². The molecular weight excluding hydrogens is 538 g/mol. The van der Waals surface area contributed by atoms with Gasteiger partial charge in [0.25, 0.3) is 5.69 Å². The van der Waals surface area contributed by atoms with Crippen LogP contribution in [0.3, 0.4) is 0 Å². The van der Waals surface area contributed by atoms with Gasteiger partial charge in [0, 0.05) is 60.3 Å². The normalized spacial score (nSPS) is 17.7. The summed E-state index contributed by atoms with van der Waals surface area (Å²) >= 11 is 0. The molecule has 0 spiro atoms. The number of anilines is 1. The van der Waals surface area contributed by atoms with E-state index in [9.17, 15) is 24.4 Å². The van der Waals surface area contributed by atoms with Crippen molar-refractivity contribution < 1.29 is 23.6 Å². The minimum absolute atomic E-state index is 0.0149. The molecule has 1 unspecified atom stereocenters. The van der Waals surface area contributed by atoms with Gasteiger partial charge in [-0.2, -0.15) is 10.2 Å². The van der Waals surface area contributed by atoms with E-state index in [0.29, 0.717) is 31.4 Å². The van der Waals surface area contributed by atoms with Crippen molar-refractivity contribution in [3.8, 4) is 0 Å². The predicted octanol–water partition coefficient (Wildman–Crippen LogP) is 3.14. The summed E-state index contributed by atoms with van der Waals surface area (Å²) in [5.74, 6) is -1.69. The van der Waals surface area contributed by atoms with Crippen molar-refractivity contribution in [3.63, 3.8) is 0 Å². The van der Waals surface area contributed by atoms with Gasteiger partial charge < -0.3 is 14.9 Å². The fraction of sp³-hybridized carbons (Fsp3) is 0.333. The number of carbonyl (C=O) groups is 1. The minimum Gasteiger partial charge on any atom is -0.381 e. The summed E-state index contributed by atoms with van der Waals surface area (Å²) in [6.07, 6.45) is 5.06. The number of benzene rings is 2. The second-order valence-electron chi connectivity index (χ2n) is 10.0. The lowest BCUT2D eigenvalue weighted by Gasteiger charge is -2.41. The third-order valence-electron chi connectivity index (χ3n) is 7.75. The number of rotatable bonds is 9. The lowest BCUT2D eigenvalue weighted by atomic mass is 9.86. The first-order valence-corrected chi connectivity index (χ1v) is 12.9. The van der Waals surface area contributed by atoms with Crippen LogP contribution in [0, 0.1) is 28.7 Å². The number of aliphatic hydroxyl groups is 1. The summed E-state index contributed by atoms with van der Waals surface area (Å²) in [4.78, 5) is 30.2. The zero-order valence-electron chi connectivity index (χ0n) is 22.3. The van der Waals surface area contributed by atoms with E-state index in [-0.39, 0.29) is 17.8 Å². The summed E-state index contributed by atoms with van der Waals surface area (Å²) in [6, 6.07) is 7.94. The van der Waals surface area contributed by atoms with Crippen LogP contribution in [0.25, 0.3) is 0 Å². The Morgan fingerprint density at radius 2 is 1.95 bits per heavy atom. The maximum Gasteiger partial charge on any atom is 0.269 e. The van der Waals surface area contributed by atoms with E-state index in [4.69, 9.17) is 0 Å². The predicted molar refractivity (Wildman–Crippen MR) is 143 cm³/mol. The van der Waals surface area contributed by atoms with Gasteiger partial charge in [-0.1, -0.05) is 6.07 Å². The maximum atomic E-state index is 15.1. The second-order valence-corrected chi connectivity index (χ2v) is 10.0. The smallest absolute Gasteiger partial charge is 0.269 e. The van der Waals surface area contributed by atoms with E-state index in [0.717, 1.165) is 23.7 Å². The highest BCUT2D eigenvalue weighted by Crippen LogP contribution is 2.39. The Morgan fingerprint density at radius 3 is 2.59 bits per heavy atom. The summed E-state index contributed by atoms with van der Waals surface area (Å²) < 4.78 is 31.7. The molecule has 0 aliphatic carbocycles. The Balaban J connectivity index is 1.48. The number of hydrogen-bond acceptors (Lipinski definition) is 8. The van der Waals surface area contributed by atoms with E-state index in [2.05, 4.69) is 15.2 Å². The standard InChI is InChI=1S/C27H28F2N8O4/c1-18-23(26-13-33(9-10-34(26)17-38)21-4-6-22(7-5-21)37(40)41)12-31-36(18)19(2)27(39,14-35-16-30-15-32-35)24-8-3-20(28)11-25(24)29/h3-8,11-12,15-17,19,26,39H,9-10,13-14H2,1-2H3/t19-,26?,27-/m1/s1. The Labute approximate surface area is 233 Å². The first-order valence-electron chi connectivity index (χ1n) is 12.9. The molecule has 41 heavy (non-hydrogen) atoms. The Hall–Kier alpha value is -4.72. The molecule has 1 fully saturated rings. The first kappa shape index (κ1) is 27.8. The van der Waals surface area contributed by atoms with Crippen molar-refractivity contribution in [2.75, 3.05) is 24.5 Å². The van der Waals surface area contributed by atoms with E-state index < -0.39 is 34.2 Å². The van der Waals surface area contributed by atoms with Crippen molar-refractivity contribution in [2.24, 2.45) is 0 Å². The molecule has 1 aliphatic heterocycles. The molecular formula is C27H28F2N8O4. The third kappa shape index (κ3) is 5.25. The molecule has 0 saturated carbocycles. The van der Waals surface area contributed by atoms with E-state index in [1.54, 1.807) is 41.8 Å². The number of piperazine rings is 1. The van der Waals surface area contributed by atoms with Gasteiger partial charge in [-0.15, -0.1) is 0 Å². The van der Waals surface area contributed by atoms with Crippen molar-refractivity contribution in [1.29, 1.82) is 0 Å². The quantitative estimate of drug-likeness (QED) is 0.186. The van der Waals surface area contributed by atoms with Crippen LogP contribution in [-0.2, 0) is 16.9 Å². The van der Waals surface area contributed by atoms with Crippen molar-refractivity contribution in [1.82, 2.24) is 29.4 Å². The Morgan fingerprint density at radius 1 is 1.20 bits per heavy atom. The Kier molecular flexibility index (Phi) is 7.49. The molecule has 2 aromatic heterocycles. The van der Waals surface area contributed by atoms with E-state index in [1.165, 1.54) is 35.5 Å². The van der Waals surface area contributed by atoms with Crippen molar-refractivity contribution >= 4 is 17.8 Å². The molecule has 214 valence electrons. The van der Waals surface area contributed by atoms with E-state index in [1.807, 2.05) is 4.90 Å². The number of nitro benzene ring substituents is 1. The zero-order chi connectivity index (χ0) is 29.3. The summed E-state index contributed by atoms with van der Waals surface area (Å²) in [7, 11) is 0. The van der Waals surface area contributed by atoms with Gasteiger partial charge >= 0.3 is 0 Å². The number of halogens is 2. The zero-order valence-corrected chi connectivity index (χ0v) is 22.3. The maximum absolute atomic E-state index is 15.1. The molecule has 3 heterocycles. The van der Waals surface area contributed by atoms with Crippen LogP contribution in [-0.4, -0.2) is 65.5 Å². The van der Waals surface area contributed by atoms with Gasteiger partial charge in [0.2, 0.25) is 6.41 Å². The van der Waals surface area contributed by atoms with Crippen LogP contribution in [0.2, 0.25) is 0 Å². The minimum atomic E-state index is -1.92. The van der Waals surface area contributed by atoms with Crippen LogP contribution >= 0.6 is 0 Å². The number of aromatic nitrogens is 5. The average molecular weight is 567 g/mol. The fourth-order valence-corrected chi connectivity index (χ4v) is 5.42. The van der Waals surface area contributed by atoms with Gasteiger partial charge in [-0.05, 0) is 32.0 Å². The average Bonchev–Trinajstić information content (AvgIpc) is 3.61. The molecule has 12 nitrogen and oxygen atoms in total. The molecule has 0 radical (unpaired) electrons. The third-order valence-corrected chi connectivity index (χ3v) is 7.75. The molecule has 0 bridgehead atoms. The molecule has 1 N–H and O–H groups in total. The van der Waals surface area contributed by atoms with Gasteiger partial charge in [-0.25, -0.2) is 18.4 Å². The number of nitrogens with zero attached hydrogens (tertiary/aromatic N) is 8. The van der Waals surface area contributed by atoms with Crippen LogP contribution in [0.1, 0.15) is 35.8 Å². The highest BCUT2D eigenvalue weighted by molar-refractivity contribution is 5.55. The van der Waals surface area contributed by atoms with Crippen molar-refractivity contribution in [2.45, 2.75) is 38.1 Å². The number of amides is 1. The van der Waals surface area contributed by atoms with Crippen LogP contribution < -0.4 is 4.90 Å². The SMILES string of the molecule is Cc1c(C2CN(c3ccc([N+](=O)[O-])cc3)CCN2C=O)cnn1[C@H](C)[C@](O)(Cn1cncn1)c1ccc(F)cc1F. The summed E-state index contributed by atoms with van der Waals surface area (Å²) in [5, 5.41) is 31.7. The number of nitro groups is 1. The van der Waals surface area contributed by atoms with Gasteiger partial charge in [0.1, 0.15) is 29.9 Å². The number of hydrogen-bond donors (Lipinski definition) is 1. The van der Waals surface area contributed by atoms with Gasteiger partial charge in [0.05, 0.1) is 29.7 Å². The van der Waals surface area contributed by atoms with Gasteiger partial charge in [0.15, 0.2) is 0 Å². The molecule has 5 rings (SSSR count). The summed E-state index contributed by atoms with van der Waals surface area (Å²) in [5.41, 5.74) is 0.0753. The molecule has 1 saturated heterocycles. The highest BCUT2D eigenvalue weighted by Gasteiger charge is 2.42. The molecule has 1 amide bonds. The van der Waals surface area contributed by atoms with Crippen LogP contribution in [0.15, 0.2) is 61.3 Å². The molecule has 1 aliphatic rings.